The molecule has 0 bridgehead atoms. The van der Waals surface area contributed by atoms with E-state index >= 15 is 0 Å². The molecule has 1 atom stereocenters. The van der Waals surface area contributed by atoms with Crippen LogP contribution in [0.4, 0.5) is 11.4 Å². The molecular weight excluding hydrogens is 532 g/mol. The van der Waals surface area contributed by atoms with Crippen LogP contribution in [0.1, 0.15) is 27.6 Å². The number of nitrogens with zero attached hydrogens (tertiary/aromatic N) is 2. The molecule has 0 spiro atoms. The van der Waals surface area contributed by atoms with Crippen molar-refractivity contribution in [3.8, 4) is 0 Å². The molecule has 0 saturated carbocycles. The van der Waals surface area contributed by atoms with Crippen LogP contribution in [0.25, 0.3) is 0 Å². The minimum atomic E-state index is -0.596. The van der Waals surface area contributed by atoms with Crippen LogP contribution in [0.2, 0.25) is 5.02 Å². The predicted molar refractivity (Wildman–Crippen MR) is 155 cm³/mol. The van der Waals surface area contributed by atoms with Gasteiger partial charge in [-0.1, -0.05) is 66.2 Å². The lowest BCUT2D eigenvalue weighted by atomic mass is 10.1. The molecule has 0 fully saturated rings. The van der Waals surface area contributed by atoms with Gasteiger partial charge in [0.25, 0.3) is 11.8 Å². The van der Waals surface area contributed by atoms with Gasteiger partial charge in [-0.25, -0.2) is 0 Å². The van der Waals surface area contributed by atoms with E-state index in [1.807, 2.05) is 60.7 Å². The number of carbonyl (C=O) groups excluding carboxylic acids is 3. The van der Waals surface area contributed by atoms with E-state index in [1.54, 1.807) is 48.5 Å². The second kappa shape index (κ2) is 12.0. The van der Waals surface area contributed by atoms with Crippen LogP contribution in [-0.4, -0.2) is 23.6 Å². The fraction of sp³-hybridized carbons (Fsp3) is 0.0667. The molecule has 1 aliphatic rings. The number of anilines is 2. The molecule has 7 nitrogen and oxygen atoms in total. The molecule has 3 amide bonds. The summed E-state index contributed by atoms with van der Waals surface area (Å²) in [7, 11) is 0. The topological polar surface area (TPSA) is 90.9 Å². The van der Waals surface area contributed by atoms with Crippen LogP contribution in [0.5, 0.6) is 0 Å². The molecular formula is C30H23ClN4O3S. The van der Waals surface area contributed by atoms with Gasteiger partial charge in [0, 0.05) is 21.2 Å². The van der Waals surface area contributed by atoms with Crippen LogP contribution in [0.15, 0.2) is 119 Å². The average Bonchev–Trinajstić information content (AvgIpc) is 3.33. The van der Waals surface area contributed by atoms with Crippen molar-refractivity contribution in [1.29, 1.82) is 0 Å². The Morgan fingerprint density at radius 1 is 0.846 bits per heavy atom. The average molecular weight is 555 g/mol. The van der Waals surface area contributed by atoms with Gasteiger partial charge in [0.15, 0.2) is 0 Å². The first-order valence-corrected chi connectivity index (χ1v) is 13.4. The van der Waals surface area contributed by atoms with Gasteiger partial charge in [-0.3, -0.25) is 14.4 Å². The zero-order chi connectivity index (χ0) is 27.2. The molecule has 0 aliphatic carbocycles. The highest BCUT2D eigenvalue weighted by atomic mass is 35.5. The van der Waals surface area contributed by atoms with Gasteiger partial charge in [-0.05, 0) is 60.2 Å². The second-order valence-corrected chi connectivity index (χ2v) is 10.3. The van der Waals surface area contributed by atoms with Crippen LogP contribution < -0.4 is 15.6 Å². The number of carbonyl (C=O) groups is 3. The third-order valence-electron chi connectivity index (χ3n) is 5.84. The number of hydrogen-bond donors (Lipinski definition) is 2. The van der Waals surface area contributed by atoms with Gasteiger partial charge in [-0.2, -0.15) is 10.1 Å². The molecule has 194 valence electrons. The SMILES string of the molecule is O=C(Nc1ccc(SC(C(=O)NC2=NN(c3ccccc3)C(=O)C2)c2ccccc2)cc1)c1cccc(Cl)c1. The third-order valence-corrected chi connectivity index (χ3v) is 7.34. The lowest BCUT2D eigenvalue weighted by Crippen LogP contribution is -2.33. The van der Waals surface area contributed by atoms with Gasteiger partial charge in [-0.15, -0.1) is 11.8 Å². The number of rotatable bonds is 7. The summed E-state index contributed by atoms with van der Waals surface area (Å²) in [5.41, 5.74) is 2.53. The first-order chi connectivity index (χ1) is 19.0. The van der Waals surface area contributed by atoms with Crippen molar-refractivity contribution in [2.45, 2.75) is 16.6 Å². The van der Waals surface area contributed by atoms with Gasteiger partial charge in [0.05, 0.1) is 12.1 Å². The zero-order valence-corrected chi connectivity index (χ0v) is 22.2. The van der Waals surface area contributed by atoms with Crippen LogP contribution >= 0.6 is 23.4 Å². The lowest BCUT2D eigenvalue weighted by Gasteiger charge is -2.17. The Morgan fingerprint density at radius 2 is 1.54 bits per heavy atom. The molecule has 9 heteroatoms. The minimum Gasteiger partial charge on any atom is -0.322 e. The molecule has 0 radical (unpaired) electrons. The largest absolute Gasteiger partial charge is 0.322 e. The highest BCUT2D eigenvalue weighted by Crippen LogP contribution is 2.36. The Hall–Kier alpha value is -4.40. The fourth-order valence-corrected chi connectivity index (χ4v) is 5.18. The van der Waals surface area contributed by atoms with Crippen molar-refractivity contribution >= 4 is 58.3 Å². The summed E-state index contributed by atoms with van der Waals surface area (Å²) in [6.45, 7) is 0. The molecule has 4 aromatic rings. The van der Waals surface area contributed by atoms with Crippen molar-refractivity contribution in [2.75, 3.05) is 10.3 Å². The maximum absolute atomic E-state index is 13.4. The maximum Gasteiger partial charge on any atom is 0.255 e. The first-order valence-electron chi connectivity index (χ1n) is 12.1. The van der Waals surface area contributed by atoms with Crippen LogP contribution in [0, 0.1) is 0 Å². The molecule has 5 rings (SSSR count). The Kier molecular flexibility index (Phi) is 8.05. The van der Waals surface area contributed by atoms with Gasteiger partial charge in [0.1, 0.15) is 11.1 Å². The highest BCUT2D eigenvalue weighted by molar-refractivity contribution is 8.00. The van der Waals surface area contributed by atoms with Gasteiger partial charge in [0.2, 0.25) is 5.91 Å². The number of hydrazone groups is 1. The molecule has 1 aliphatic heterocycles. The van der Waals surface area contributed by atoms with Crippen LogP contribution in [-0.2, 0) is 9.59 Å². The monoisotopic (exact) mass is 554 g/mol. The van der Waals surface area contributed by atoms with E-state index in [0.717, 1.165) is 10.5 Å². The highest BCUT2D eigenvalue weighted by Gasteiger charge is 2.29. The van der Waals surface area contributed by atoms with Crippen molar-refractivity contribution in [2.24, 2.45) is 5.10 Å². The van der Waals surface area contributed by atoms with Crippen molar-refractivity contribution in [3.63, 3.8) is 0 Å². The predicted octanol–water partition coefficient (Wildman–Crippen LogP) is 6.29. The number of thioether (sulfide) groups is 1. The van der Waals surface area contributed by atoms with Crippen molar-refractivity contribution in [1.82, 2.24) is 5.32 Å². The minimum absolute atomic E-state index is 0.00777. The van der Waals surface area contributed by atoms with Crippen molar-refractivity contribution < 1.29 is 14.4 Å². The van der Waals surface area contributed by atoms with Crippen LogP contribution in [0.3, 0.4) is 0 Å². The molecule has 1 unspecified atom stereocenters. The molecule has 39 heavy (non-hydrogen) atoms. The standard InChI is InChI=1S/C30H23ClN4O3S/c31-22-11-7-10-21(18-22)29(37)32-23-14-16-25(17-15-23)39-28(20-8-3-1-4-9-20)30(38)33-26-19-27(36)35(34-26)24-12-5-2-6-13-24/h1-18,28H,19H2,(H,32,37)(H,33,34,38). The van der Waals surface area contributed by atoms with Crippen molar-refractivity contribution in [3.05, 3.63) is 125 Å². The summed E-state index contributed by atoms with van der Waals surface area (Å²) in [6, 6.07) is 32.4. The van der Waals surface area contributed by atoms with Gasteiger partial charge < -0.3 is 10.6 Å². The Morgan fingerprint density at radius 3 is 2.23 bits per heavy atom. The maximum atomic E-state index is 13.4. The van der Waals surface area contributed by atoms with E-state index in [0.29, 0.717) is 27.8 Å². The Bertz CT molecular complexity index is 1530. The van der Waals surface area contributed by atoms with E-state index < -0.39 is 5.25 Å². The Balaban J connectivity index is 1.29. The smallest absolute Gasteiger partial charge is 0.255 e. The lowest BCUT2D eigenvalue weighted by molar-refractivity contribution is -0.119. The molecule has 2 N–H and O–H groups in total. The molecule has 0 saturated heterocycles. The summed E-state index contributed by atoms with van der Waals surface area (Å²) in [5.74, 6) is -0.466. The third kappa shape index (κ3) is 6.54. The van der Waals surface area contributed by atoms with E-state index in [4.69, 9.17) is 11.6 Å². The molecule has 4 aromatic carbocycles. The number of hydrogen-bond acceptors (Lipinski definition) is 5. The van der Waals surface area contributed by atoms with E-state index in [1.165, 1.54) is 16.8 Å². The van der Waals surface area contributed by atoms with E-state index in [-0.39, 0.29) is 24.1 Å². The fourth-order valence-electron chi connectivity index (χ4n) is 3.96. The number of para-hydroxylation sites is 1. The normalized spacial score (nSPS) is 13.5. The summed E-state index contributed by atoms with van der Waals surface area (Å²) in [6.07, 6.45) is 0.00777. The van der Waals surface area contributed by atoms with Gasteiger partial charge >= 0.3 is 0 Å². The Labute approximate surface area is 234 Å². The number of amidine groups is 1. The number of halogens is 1. The molecule has 1 heterocycles. The van der Waals surface area contributed by atoms with E-state index in [2.05, 4.69) is 15.7 Å². The number of amides is 3. The summed E-state index contributed by atoms with van der Waals surface area (Å²) in [4.78, 5) is 39.3. The quantitative estimate of drug-likeness (QED) is 0.263. The summed E-state index contributed by atoms with van der Waals surface area (Å²) in [5, 5.41) is 11.2. The first kappa shape index (κ1) is 26.2. The summed E-state index contributed by atoms with van der Waals surface area (Å²) < 4.78 is 0. The zero-order valence-electron chi connectivity index (χ0n) is 20.6. The molecule has 0 aromatic heterocycles. The summed E-state index contributed by atoms with van der Waals surface area (Å²) >= 11 is 7.35. The number of nitrogens with one attached hydrogen (secondary N) is 2. The van der Waals surface area contributed by atoms with E-state index in [9.17, 15) is 14.4 Å². The number of benzene rings is 4. The second-order valence-electron chi connectivity index (χ2n) is 8.65.